The summed E-state index contributed by atoms with van der Waals surface area (Å²) in [7, 11) is 0. The zero-order valence-electron chi connectivity index (χ0n) is 20.3. The van der Waals surface area contributed by atoms with Crippen molar-refractivity contribution in [2.45, 2.75) is 64.7 Å². The van der Waals surface area contributed by atoms with Gasteiger partial charge in [0.2, 0.25) is 5.91 Å². The summed E-state index contributed by atoms with van der Waals surface area (Å²) in [4.78, 5) is 27.2. The van der Waals surface area contributed by atoms with E-state index < -0.39 is 0 Å². The molecular formula is C27H36N6O. The number of hydrogen-bond donors (Lipinski definition) is 0. The van der Waals surface area contributed by atoms with Gasteiger partial charge >= 0.3 is 0 Å². The van der Waals surface area contributed by atoms with Crippen molar-refractivity contribution in [1.82, 2.24) is 24.6 Å². The van der Waals surface area contributed by atoms with Gasteiger partial charge in [-0.15, -0.1) is 0 Å². The number of anilines is 1. The molecule has 0 atom stereocenters. The van der Waals surface area contributed by atoms with Crippen LogP contribution in [0.15, 0.2) is 36.5 Å². The van der Waals surface area contributed by atoms with Gasteiger partial charge in [0.05, 0.1) is 17.3 Å². The first kappa shape index (κ1) is 22.8. The molecule has 2 aliphatic rings. The summed E-state index contributed by atoms with van der Waals surface area (Å²) in [5, 5.41) is 5.65. The first-order valence-electron chi connectivity index (χ1n) is 13.1. The molecule has 180 valence electrons. The lowest BCUT2D eigenvalue weighted by atomic mass is 10.0. The number of aromatic nitrogens is 4. The first-order valence-corrected chi connectivity index (χ1v) is 13.1. The Hall–Kier alpha value is -2.96. The Morgan fingerprint density at radius 3 is 2.62 bits per heavy atom. The molecule has 3 aromatic rings. The molecule has 0 radical (unpaired) electrons. The summed E-state index contributed by atoms with van der Waals surface area (Å²) < 4.78 is 1.91. The molecule has 1 saturated heterocycles. The minimum absolute atomic E-state index is 0.324. The van der Waals surface area contributed by atoms with Crippen molar-refractivity contribution in [3.05, 3.63) is 42.4 Å². The number of fused-ring (bicyclic) bond motifs is 1. The number of amides is 1. The summed E-state index contributed by atoms with van der Waals surface area (Å²) >= 11 is 0. The van der Waals surface area contributed by atoms with Crippen molar-refractivity contribution in [3.8, 4) is 5.69 Å². The van der Waals surface area contributed by atoms with Crippen molar-refractivity contribution in [3.63, 3.8) is 0 Å². The van der Waals surface area contributed by atoms with Crippen molar-refractivity contribution < 1.29 is 4.79 Å². The molecule has 34 heavy (non-hydrogen) atoms. The predicted molar refractivity (Wildman–Crippen MR) is 135 cm³/mol. The Kier molecular flexibility index (Phi) is 7.07. The van der Waals surface area contributed by atoms with E-state index in [9.17, 15) is 4.79 Å². The Morgan fingerprint density at radius 2 is 1.82 bits per heavy atom. The number of carbonyl (C=O) groups is 1. The molecule has 1 aliphatic carbocycles. The summed E-state index contributed by atoms with van der Waals surface area (Å²) in [5.74, 6) is 2.90. The maximum absolute atomic E-state index is 12.9. The molecule has 0 spiro atoms. The van der Waals surface area contributed by atoms with E-state index in [0.29, 0.717) is 12.3 Å². The van der Waals surface area contributed by atoms with Gasteiger partial charge in [-0.2, -0.15) is 5.10 Å². The standard InChI is InChI=1S/C27H36N6O/c1-2-9-24-29-26(23-20-28-33(27(23)30-24)22-12-4-3-5-13-22)32-17-8-16-31(18-19-32)25(34)15-14-21-10-6-7-11-21/h3-5,12-13,20-21H,2,6-11,14-19H2,1H3. The Balaban J connectivity index is 1.36. The van der Waals surface area contributed by atoms with Gasteiger partial charge in [-0.1, -0.05) is 50.8 Å². The fraction of sp³-hybridized carbons (Fsp3) is 0.556. The number of hydrogen-bond acceptors (Lipinski definition) is 5. The molecule has 0 N–H and O–H groups in total. The van der Waals surface area contributed by atoms with Crippen LogP contribution >= 0.6 is 0 Å². The van der Waals surface area contributed by atoms with E-state index >= 15 is 0 Å². The third kappa shape index (κ3) is 4.93. The van der Waals surface area contributed by atoms with E-state index in [1.807, 2.05) is 29.1 Å². The minimum atomic E-state index is 0.324. The number of carbonyl (C=O) groups excluding carboxylic acids is 1. The lowest BCUT2D eigenvalue weighted by Crippen LogP contribution is -2.35. The normalized spacial score (nSPS) is 17.4. The second-order valence-electron chi connectivity index (χ2n) is 9.75. The fourth-order valence-corrected chi connectivity index (χ4v) is 5.44. The highest BCUT2D eigenvalue weighted by atomic mass is 16.2. The number of benzene rings is 1. The number of rotatable bonds is 7. The van der Waals surface area contributed by atoms with Crippen molar-refractivity contribution in [2.75, 3.05) is 31.1 Å². The zero-order valence-corrected chi connectivity index (χ0v) is 20.3. The second kappa shape index (κ2) is 10.5. The number of para-hydroxylation sites is 1. The summed E-state index contributed by atoms with van der Waals surface area (Å²) in [6.07, 6.45) is 11.7. The molecule has 1 amide bonds. The molecule has 7 nitrogen and oxygen atoms in total. The van der Waals surface area contributed by atoms with E-state index in [1.165, 1.54) is 25.7 Å². The van der Waals surface area contributed by atoms with Crippen LogP contribution in [0.1, 0.15) is 64.1 Å². The quantitative estimate of drug-likeness (QED) is 0.508. The van der Waals surface area contributed by atoms with Crippen molar-refractivity contribution in [2.24, 2.45) is 5.92 Å². The van der Waals surface area contributed by atoms with Gasteiger partial charge in [0.1, 0.15) is 11.6 Å². The van der Waals surface area contributed by atoms with Crippen LogP contribution in [0, 0.1) is 5.92 Å². The Bertz CT molecular complexity index is 1110. The van der Waals surface area contributed by atoms with Crippen LogP contribution in [0.25, 0.3) is 16.7 Å². The Morgan fingerprint density at radius 1 is 1.00 bits per heavy atom. The van der Waals surface area contributed by atoms with Gasteiger partial charge in [0.25, 0.3) is 0 Å². The van der Waals surface area contributed by atoms with Crippen LogP contribution in [0.2, 0.25) is 0 Å². The van der Waals surface area contributed by atoms with Crippen LogP contribution in [0.3, 0.4) is 0 Å². The largest absolute Gasteiger partial charge is 0.354 e. The van der Waals surface area contributed by atoms with Crippen LogP contribution in [-0.2, 0) is 11.2 Å². The molecule has 0 bridgehead atoms. The van der Waals surface area contributed by atoms with Gasteiger partial charge in [-0.05, 0) is 37.3 Å². The first-order chi connectivity index (χ1) is 16.7. The third-order valence-corrected chi connectivity index (χ3v) is 7.32. The average molecular weight is 461 g/mol. The van der Waals surface area contributed by atoms with Crippen molar-refractivity contribution in [1.29, 1.82) is 0 Å². The molecule has 5 rings (SSSR count). The van der Waals surface area contributed by atoms with E-state index in [0.717, 1.165) is 86.1 Å². The molecule has 7 heteroatoms. The van der Waals surface area contributed by atoms with Gasteiger partial charge in [0, 0.05) is 39.0 Å². The third-order valence-electron chi connectivity index (χ3n) is 7.32. The SMILES string of the molecule is CCCc1nc(N2CCCN(C(=O)CCC3CCCC3)CC2)c2cnn(-c3ccccc3)c2n1. The highest BCUT2D eigenvalue weighted by molar-refractivity contribution is 5.88. The van der Waals surface area contributed by atoms with Gasteiger partial charge in [-0.25, -0.2) is 14.6 Å². The topological polar surface area (TPSA) is 67.2 Å². The molecule has 2 aromatic heterocycles. The predicted octanol–water partition coefficient (Wildman–Crippen LogP) is 4.78. The highest BCUT2D eigenvalue weighted by Crippen LogP contribution is 2.29. The number of aryl methyl sites for hydroxylation is 1. The molecule has 0 unspecified atom stereocenters. The highest BCUT2D eigenvalue weighted by Gasteiger charge is 2.24. The smallest absolute Gasteiger partial charge is 0.222 e. The summed E-state index contributed by atoms with van der Waals surface area (Å²) in [6, 6.07) is 10.1. The summed E-state index contributed by atoms with van der Waals surface area (Å²) in [6.45, 7) is 5.43. The van der Waals surface area contributed by atoms with Gasteiger partial charge < -0.3 is 9.80 Å². The number of nitrogens with zero attached hydrogens (tertiary/aromatic N) is 6. The van der Waals surface area contributed by atoms with E-state index in [1.54, 1.807) is 0 Å². The van der Waals surface area contributed by atoms with Crippen LogP contribution in [0.5, 0.6) is 0 Å². The van der Waals surface area contributed by atoms with E-state index in [-0.39, 0.29) is 0 Å². The molecular weight excluding hydrogens is 424 g/mol. The second-order valence-corrected chi connectivity index (χ2v) is 9.75. The maximum Gasteiger partial charge on any atom is 0.222 e. The molecule has 1 aromatic carbocycles. The van der Waals surface area contributed by atoms with Gasteiger partial charge in [-0.3, -0.25) is 4.79 Å². The molecule has 1 saturated carbocycles. The molecule has 1 aliphatic heterocycles. The molecule has 2 fully saturated rings. The van der Waals surface area contributed by atoms with E-state index in [4.69, 9.17) is 9.97 Å². The maximum atomic E-state index is 12.9. The lowest BCUT2D eigenvalue weighted by molar-refractivity contribution is -0.131. The summed E-state index contributed by atoms with van der Waals surface area (Å²) in [5.41, 5.74) is 1.85. The average Bonchev–Trinajstić information content (AvgIpc) is 3.47. The lowest BCUT2D eigenvalue weighted by Gasteiger charge is -2.24. The van der Waals surface area contributed by atoms with Gasteiger partial charge in [0.15, 0.2) is 5.65 Å². The van der Waals surface area contributed by atoms with E-state index in [2.05, 4.69) is 34.0 Å². The van der Waals surface area contributed by atoms with Crippen LogP contribution in [0.4, 0.5) is 5.82 Å². The monoisotopic (exact) mass is 460 g/mol. The van der Waals surface area contributed by atoms with Crippen LogP contribution < -0.4 is 4.90 Å². The minimum Gasteiger partial charge on any atom is -0.354 e. The molecule has 3 heterocycles. The fourth-order valence-electron chi connectivity index (χ4n) is 5.44. The van der Waals surface area contributed by atoms with Crippen molar-refractivity contribution >= 4 is 22.8 Å². The zero-order chi connectivity index (χ0) is 23.3. The Labute approximate surface area is 202 Å². The van der Waals surface area contributed by atoms with Crippen LogP contribution in [-0.4, -0.2) is 56.7 Å².